The zero-order valence-electron chi connectivity index (χ0n) is 20.9. The summed E-state index contributed by atoms with van der Waals surface area (Å²) in [6, 6.07) is 5.58. The fraction of sp³-hybridized carbons (Fsp3) is 0.500. The molecular weight excluding hydrogens is 560 g/mol. The Morgan fingerprint density at radius 2 is 1.60 bits per heavy atom. The lowest BCUT2D eigenvalue weighted by molar-refractivity contribution is -0.193. The van der Waals surface area contributed by atoms with E-state index in [2.05, 4.69) is 15.0 Å². The maximum absolute atomic E-state index is 13.1. The lowest BCUT2D eigenvalue weighted by atomic mass is 10.1. The normalized spacial score (nSPS) is 17.4. The Kier molecular flexibility index (Phi) is 11.2. The maximum Gasteiger partial charge on any atom is 0.490 e. The number of carboxylic acid groups (broad SMARTS) is 2. The van der Waals surface area contributed by atoms with Crippen LogP contribution >= 0.6 is 0 Å². The van der Waals surface area contributed by atoms with Crippen LogP contribution in [0, 0.1) is 0 Å². The Morgan fingerprint density at radius 3 is 2.12 bits per heavy atom. The molecular formula is C22H25F6N5O7. The van der Waals surface area contributed by atoms with Crippen molar-refractivity contribution in [3.8, 4) is 5.88 Å². The molecule has 0 bridgehead atoms. The van der Waals surface area contributed by atoms with Gasteiger partial charge in [-0.05, 0) is 12.1 Å². The summed E-state index contributed by atoms with van der Waals surface area (Å²) in [5.41, 5.74) is 2.06. The van der Waals surface area contributed by atoms with Crippen LogP contribution in [0.25, 0.3) is 0 Å². The van der Waals surface area contributed by atoms with Crippen LogP contribution in [0.4, 0.5) is 26.3 Å². The van der Waals surface area contributed by atoms with E-state index in [1.807, 2.05) is 27.8 Å². The zero-order chi connectivity index (χ0) is 30.1. The summed E-state index contributed by atoms with van der Waals surface area (Å²) in [6.45, 7) is 4.51. The average molecular weight is 585 g/mol. The van der Waals surface area contributed by atoms with Gasteiger partial charge in [-0.3, -0.25) is 14.4 Å². The number of carbonyl (C=O) groups excluding carboxylic acids is 1. The first-order valence-corrected chi connectivity index (χ1v) is 11.3. The SMILES string of the molecule is COc1ncccc1CN1Cc2ccnn2C(C(=O)N2CCOCC2)C1.O=C(O)C(F)(F)F.O=C(O)C(F)(F)F. The zero-order valence-corrected chi connectivity index (χ0v) is 20.9. The highest BCUT2D eigenvalue weighted by Crippen LogP contribution is 2.26. The number of rotatable bonds is 4. The molecule has 0 aliphatic carbocycles. The summed E-state index contributed by atoms with van der Waals surface area (Å²) >= 11 is 0. The fourth-order valence-corrected chi connectivity index (χ4v) is 3.63. The molecule has 4 rings (SSSR count). The smallest absolute Gasteiger partial charge is 0.481 e. The molecule has 2 aliphatic rings. The second kappa shape index (κ2) is 13.9. The molecule has 1 atom stereocenters. The highest BCUT2D eigenvalue weighted by atomic mass is 19.4. The van der Waals surface area contributed by atoms with Gasteiger partial charge in [-0.15, -0.1) is 0 Å². The van der Waals surface area contributed by atoms with Crippen LogP contribution in [0.15, 0.2) is 30.6 Å². The number of morpholine rings is 1. The molecule has 0 aromatic carbocycles. The molecule has 2 N–H and O–H groups in total. The van der Waals surface area contributed by atoms with E-state index in [1.54, 1.807) is 19.5 Å². The first-order valence-electron chi connectivity index (χ1n) is 11.3. The average Bonchev–Trinajstić information content (AvgIpc) is 3.37. The van der Waals surface area contributed by atoms with Gasteiger partial charge in [-0.1, -0.05) is 6.07 Å². The highest BCUT2D eigenvalue weighted by molar-refractivity contribution is 5.81. The number of carbonyl (C=O) groups is 3. The molecule has 222 valence electrons. The van der Waals surface area contributed by atoms with Gasteiger partial charge in [0.25, 0.3) is 0 Å². The van der Waals surface area contributed by atoms with E-state index < -0.39 is 24.3 Å². The minimum atomic E-state index is -5.08. The quantitative estimate of drug-likeness (QED) is 0.511. The summed E-state index contributed by atoms with van der Waals surface area (Å²) in [4.78, 5) is 39.3. The summed E-state index contributed by atoms with van der Waals surface area (Å²) in [6.07, 6.45) is -6.68. The number of fused-ring (bicyclic) bond motifs is 1. The van der Waals surface area contributed by atoms with Crippen LogP contribution in [-0.4, -0.2) is 105 Å². The molecule has 40 heavy (non-hydrogen) atoms. The predicted molar refractivity (Wildman–Crippen MR) is 121 cm³/mol. The molecule has 1 unspecified atom stereocenters. The number of hydrogen-bond acceptors (Lipinski definition) is 8. The Balaban J connectivity index is 0.000000333. The van der Waals surface area contributed by atoms with E-state index in [9.17, 15) is 31.1 Å². The van der Waals surface area contributed by atoms with E-state index >= 15 is 0 Å². The van der Waals surface area contributed by atoms with Crippen LogP contribution in [-0.2, 0) is 32.2 Å². The van der Waals surface area contributed by atoms with E-state index in [4.69, 9.17) is 29.3 Å². The van der Waals surface area contributed by atoms with Crippen LogP contribution < -0.4 is 4.74 Å². The molecule has 1 fully saturated rings. The Bertz CT molecular complexity index is 1130. The van der Waals surface area contributed by atoms with E-state index in [0.717, 1.165) is 17.8 Å². The number of pyridine rings is 1. The Hall–Kier alpha value is -3.93. The highest BCUT2D eigenvalue weighted by Gasteiger charge is 2.39. The maximum atomic E-state index is 13.1. The lowest BCUT2D eigenvalue weighted by Crippen LogP contribution is -2.49. The number of aromatic nitrogens is 3. The molecule has 0 radical (unpaired) electrons. The molecule has 2 aliphatic heterocycles. The number of alkyl halides is 6. The number of halogens is 6. The first-order chi connectivity index (χ1) is 18.6. The van der Waals surface area contributed by atoms with E-state index in [1.165, 1.54) is 0 Å². The molecule has 2 aromatic rings. The Morgan fingerprint density at radius 1 is 1.02 bits per heavy atom. The van der Waals surface area contributed by atoms with Crippen molar-refractivity contribution in [2.24, 2.45) is 0 Å². The number of methoxy groups -OCH3 is 1. The standard InChI is InChI=1S/C18H23N5O3.2C2HF3O2/c1-25-17-14(3-2-5-19-17)11-21-12-15-4-6-20-23(15)16(13-21)18(24)22-7-9-26-10-8-22;2*3-2(4,5)1(6)7/h2-6,16H,7-13H2,1H3;2*(H,6,7). The van der Waals surface area contributed by atoms with Crippen molar-refractivity contribution in [1.29, 1.82) is 0 Å². The van der Waals surface area contributed by atoms with Crippen molar-refractivity contribution < 1.29 is 60.4 Å². The van der Waals surface area contributed by atoms with Crippen LogP contribution in [0.1, 0.15) is 17.3 Å². The van der Waals surface area contributed by atoms with Gasteiger partial charge in [0.15, 0.2) is 0 Å². The summed E-state index contributed by atoms with van der Waals surface area (Å²) in [7, 11) is 1.63. The largest absolute Gasteiger partial charge is 0.490 e. The number of aliphatic carboxylic acids is 2. The predicted octanol–water partition coefficient (Wildman–Crippen LogP) is 1.97. The molecule has 18 heteroatoms. The van der Waals surface area contributed by atoms with Crippen molar-refractivity contribution in [3.05, 3.63) is 41.9 Å². The van der Waals surface area contributed by atoms with Crippen molar-refractivity contribution in [2.45, 2.75) is 31.5 Å². The van der Waals surface area contributed by atoms with Crippen LogP contribution in [0.2, 0.25) is 0 Å². The minimum absolute atomic E-state index is 0.112. The van der Waals surface area contributed by atoms with E-state index in [-0.39, 0.29) is 11.9 Å². The summed E-state index contributed by atoms with van der Waals surface area (Å²) < 4.78 is 76.1. The molecule has 12 nitrogen and oxygen atoms in total. The number of nitrogens with zero attached hydrogens (tertiary/aromatic N) is 5. The second-order valence-corrected chi connectivity index (χ2v) is 8.17. The monoisotopic (exact) mass is 585 g/mol. The number of hydrogen-bond donors (Lipinski definition) is 2. The van der Waals surface area contributed by atoms with Gasteiger partial charge < -0.3 is 24.6 Å². The molecule has 1 saturated heterocycles. The second-order valence-electron chi connectivity index (χ2n) is 8.17. The third-order valence-corrected chi connectivity index (χ3v) is 5.39. The van der Waals surface area contributed by atoms with Gasteiger partial charge in [0.05, 0.1) is 26.0 Å². The van der Waals surface area contributed by atoms with E-state index in [0.29, 0.717) is 45.3 Å². The summed E-state index contributed by atoms with van der Waals surface area (Å²) in [5.74, 6) is -4.77. The van der Waals surface area contributed by atoms with Gasteiger partial charge in [-0.2, -0.15) is 31.4 Å². The summed E-state index contributed by atoms with van der Waals surface area (Å²) in [5, 5.41) is 18.7. The third-order valence-electron chi connectivity index (χ3n) is 5.39. The van der Waals surface area contributed by atoms with Crippen molar-refractivity contribution in [3.63, 3.8) is 0 Å². The van der Waals surface area contributed by atoms with Gasteiger partial charge >= 0.3 is 24.3 Å². The van der Waals surface area contributed by atoms with Gasteiger partial charge in [0.2, 0.25) is 11.8 Å². The third kappa shape index (κ3) is 9.37. The van der Waals surface area contributed by atoms with Gasteiger partial charge in [0, 0.05) is 50.7 Å². The van der Waals surface area contributed by atoms with Gasteiger partial charge in [-0.25, -0.2) is 14.6 Å². The minimum Gasteiger partial charge on any atom is -0.481 e. The molecule has 4 heterocycles. The van der Waals surface area contributed by atoms with Crippen LogP contribution in [0.3, 0.4) is 0 Å². The fourth-order valence-electron chi connectivity index (χ4n) is 3.63. The van der Waals surface area contributed by atoms with Crippen molar-refractivity contribution in [1.82, 2.24) is 24.6 Å². The molecule has 1 amide bonds. The number of amides is 1. The molecule has 2 aromatic heterocycles. The van der Waals surface area contributed by atoms with Crippen molar-refractivity contribution in [2.75, 3.05) is 40.0 Å². The van der Waals surface area contributed by atoms with Crippen LogP contribution in [0.5, 0.6) is 5.88 Å². The Labute approximate surface area is 222 Å². The molecule has 0 saturated carbocycles. The van der Waals surface area contributed by atoms with Gasteiger partial charge in [0.1, 0.15) is 6.04 Å². The lowest BCUT2D eigenvalue weighted by Gasteiger charge is -2.37. The molecule has 0 spiro atoms. The number of carboxylic acids is 2. The van der Waals surface area contributed by atoms with Crippen molar-refractivity contribution >= 4 is 17.8 Å². The number of ether oxygens (including phenoxy) is 2. The topological polar surface area (TPSA) is 147 Å². The first kappa shape index (κ1) is 32.3.